The second kappa shape index (κ2) is 17.3. The summed E-state index contributed by atoms with van der Waals surface area (Å²) < 4.78 is 101. The number of nitrogen functional groups attached to an aromatic ring is 1. The number of benzene rings is 2. The number of nitrogens with two attached hydrogens (primary N) is 1. The molecule has 2 aromatic carbocycles. The summed E-state index contributed by atoms with van der Waals surface area (Å²) in [6.07, 6.45) is -12.2. The maximum Gasteiger partial charge on any atom is 0.390 e. The number of ether oxygens (including phenoxy) is 3. The number of hydrogen-bond donors (Lipinski definition) is 3. The topological polar surface area (TPSA) is 300 Å². The number of imidazole rings is 1. The minimum absolute atomic E-state index is 0. The lowest BCUT2D eigenvalue weighted by molar-refractivity contribution is -0.236. The highest BCUT2D eigenvalue weighted by Crippen LogP contribution is 2.65. The molecule has 3 aliphatic rings. The number of H-pyrrole nitrogens is 1. The van der Waals surface area contributed by atoms with E-state index in [1.54, 1.807) is 48.5 Å². The predicted molar refractivity (Wildman–Crippen MR) is 206 cm³/mol. The molecule has 10 atom stereocenters. The zero-order chi connectivity index (χ0) is 41.6. The summed E-state index contributed by atoms with van der Waals surface area (Å²) in [7, 11) is -4.01. The van der Waals surface area contributed by atoms with E-state index < -0.39 is 88.3 Å². The summed E-state index contributed by atoms with van der Waals surface area (Å²) in [6.45, 7) is -6.64. The van der Waals surface area contributed by atoms with Crippen LogP contribution in [0.1, 0.15) is 33.9 Å². The summed E-state index contributed by atoms with van der Waals surface area (Å²) >= 11 is 0.564. The first-order valence-corrected chi connectivity index (χ1v) is 22.1. The van der Waals surface area contributed by atoms with Crippen LogP contribution in [0.25, 0.3) is 11.2 Å². The van der Waals surface area contributed by atoms with E-state index in [9.17, 15) is 28.4 Å². The molecule has 0 radical (unpaired) electrons. The van der Waals surface area contributed by atoms with Gasteiger partial charge in [0.1, 0.15) is 42.0 Å². The van der Waals surface area contributed by atoms with Crippen LogP contribution in [0.3, 0.4) is 0 Å². The molecule has 60 heavy (non-hydrogen) atoms. The fourth-order valence-electron chi connectivity index (χ4n) is 6.59. The minimum Gasteiger partial charge on any atom is -0.756 e. The number of methoxy groups -OCH3 is 1. The molecule has 4 bridgehead atoms. The van der Waals surface area contributed by atoms with E-state index in [4.69, 9.17) is 38.0 Å². The summed E-state index contributed by atoms with van der Waals surface area (Å²) in [5, 5.41) is 0. The quantitative estimate of drug-likeness (QED) is 0.149. The van der Waals surface area contributed by atoms with E-state index in [0.717, 1.165) is 34.1 Å². The van der Waals surface area contributed by atoms with Crippen molar-refractivity contribution in [2.24, 2.45) is 0 Å². The number of ketones is 1. The van der Waals surface area contributed by atoms with Gasteiger partial charge < -0.3 is 40.0 Å². The van der Waals surface area contributed by atoms with Gasteiger partial charge in [-0.3, -0.25) is 37.3 Å². The number of alkyl halides is 2. The zero-order valence-electron chi connectivity index (χ0n) is 31.3. The average molecular weight is 897 g/mol. The number of hydrogen-bond acceptors (Lipinski definition) is 18. The van der Waals surface area contributed by atoms with Crippen molar-refractivity contribution >= 4 is 48.8 Å². The highest BCUT2D eigenvalue weighted by atomic mass is 32.7. The molecule has 5 aromatic rings. The number of fused-ring (bicyclic) bond motifs is 5. The van der Waals surface area contributed by atoms with Gasteiger partial charge in [0.25, 0.3) is 13.4 Å². The Bertz CT molecular complexity index is 2590. The van der Waals surface area contributed by atoms with Gasteiger partial charge in [0.05, 0.1) is 26.7 Å². The fourth-order valence-corrected chi connectivity index (χ4v) is 10.8. The predicted octanol–water partition coefficient (Wildman–Crippen LogP) is 3.37. The normalized spacial score (nSPS) is 30.7. The van der Waals surface area contributed by atoms with E-state index in [2.05, 4.69) is 15.0 Å². The molecule has 26 heteroatoms. The highest BCUT2D eigenvalue weighted by Gasteiger charge is 2.54. The van der Waals surface area contributed by atoms with Gasteiger partial charge in [0.2, 0.25) is 0 Å². The number of halogens is 2. The molecule has 0 saturated carbocycles. The van der Waals surface area contributed by atoms with Crippen LogP contribution in [0.2, 0.25) is 0 Å². The number of carbonyl (C=O) groups excluding carboxylic acids is 1. The van der Waals surface area contributed by atoms with Crippen LogP contribution < -0.4 is 32.8 Å². The lowest BCUT2D eigenvalue weighted by Crippen LogP contribution is -2.38. The summed E-state index contributed by atoms with van der Waals surface area (Å²) in [4.78, 5) is 65.1. The lowest BCUT2D eigenvalue weighted by Gasteiger charge is -2.30. The van der Waals surface area contributed by atoms with Crippen LogP contribution in [0.5, 0.6) is 5.75 Å². The fraction of sp³-hybridized carbons (Fsp3) is 0.353. The molecule has 21 nitrogen and oxygen atoms in total. The van der Waals surface area contributed by atoms with Crippen LogP contribution in [-0.4, -0.2) is 91.9 Å². The van der Waals surface area contributed by atoms with Crippen molar-refractivity contribution in [2.45, 2.75) is 55.0 Å². The Morgan fingerprint density at radius 3 is 2.18 bits per heavy atom. The first kappa shape index (κ1) is 43.4. The van der Waals surface area contributed by atoms with Gasteiger partial charge >= 0.3 is 12.5 Å². The molecule has 0 spiro atoms. The summed E-state index contributed by atoms with van der Waals surface area (Å²) in [6, 6.07) is 13.7. The van der Waals surface area contributed by atoms with Crippen molar-refractivity contribution in [1.29, 1.82) is 0 Å². The Kier molecular flexibility index (Phi) is 12.5. The largest absolute Gasteiger partial charge is 0.756 e. The highest BCUT2D eigenvalue weighted by molar-refractivity contribution is 8.54. The number of aromatic amines is 1. The van der Waals surface area contributed by atoms with Crippen molar-refractivity contribution < 1.29 is 59.9 Å². The molecule has 6 heterocycles. The van der Waals surface area contributed by atoms with Crippen molar-refractivity contribution in [3.05, 3.63) is 111 Å². The second-order valence-corrected chi connectivity index (χ2v) is 18.7. The first-order chi connectivity index (χ1) is 28.2. The monoisotopic (exact) mass is 896 g/mol. The number of quaternary nitrogens is 1. The van der Waals surface area contributed by atoms with E-state index in [1.807, 2.05) is 4.98 Å². The molecule has 3 fully saturated rings. The molecule has 8 rings (SSSR count). The molecule has 3 aliphatic heterocycles. The van der Waals surface area contributed by atoms with Gasteiger partial charge in [-0.05, 0) is 41.2 Å². The van der Waals surface area contributed by atoms with Crippen LogP contribution in [0, 0.1) is 0 Å². The minimum atomic E-state index is -5.51. The van der Waals surface area contributed by atoms with Gasteiger partial charge in [-0.2, -0.15) is 0 Å². The summed E-state index contributed by atoms with van der Waals surface area (Å²) in [5.74, 6) is 0.129. The van der Waals surface area contributed by atoms with Crippen molar-refractivity contribution in [2.75, 3.05) is 26.1 Å². The molecule has 7 N–H and O–H groups in total. The van der Waals surface area contributed by atoms with Crippen molar-refractivity contribution in [1.82, 2.24) is 35.2 Å². The number of anilines is 1. The molecule has 0 aliphatic carbocycles. The Labute approximate surface area is 341 Å². The van der Waals surface area contributed by atoms with E-state index in [0.29, 0.717) is 33.8 Å². The number of carbonyl (C=O) groups is 1. The molecule has 3 saturated heterocycles. The van der Waals surface area contributed by atoms with Crippen LogP contribution >= 0.6 is 26.0 Å². The molecule has 2 unspecified atom stereocenters. The van der Waals surface area contributed by atoms with Gasteiger partial charge in [-0.15, -0.1) is 0 Å². The van der Waals surface area contributed by atoms with Crippen molar-refractivity contribution in [3.8, 4) is 5.75 Å². The van der Waals surface area contributed by atoms with Gasteiger partial charge in [0.15, 0.2) is 42.0 Å². The first-order valence-electron chi connectivity index (χ1n) is 17.6. The Balaban J connectivity index is 0.00000544. The van der Waals surface area contributed by atoms with E-state index >= 15 is 8.78 Å². The SMILES string of the molecule is COc1ccc(C(=O)c2ccc(CSP3(=O)OC[C@H]4O[C@@H](n5cnc6c(N)ncnc65)[C@H](OP(=O)([O-])OC[C@H]5O[C@@H](n6ccc(=O)[nH]c6=O)[C@H](O3)[C@@H]5F)[C@@H]4F)cc2)cc1.[NH4+]. The molecule has 3 aromatic heterocycles. The second-order valence-electron chi connectivity index (χ2n) is 13.3. The van der Waals surface area contributed by atoms with Crippen molar-refractivity contribution in [3.63, 3.8) is 0 Å². The Hall–Kier alpha value is -4.71. The third-order valence-electron chi connectivity index (χ3n) is 9.57. The Morgan fingerprint density at radius 2 is 1.53 bits per heavy atom. The smallest absolute Gasteiger partial charge is 0.390 e. The number of phosphoric ester groups is 1. The average Bonchev–Trinajstić information content (AvgIpc) is 3.88. The van der Waals surface area contributed by atoms with Gasteiger partial charge in [-0.25, -0.2) is 33.1 Å². The van der Waals surface area contributed by atoms with E-state index in [1.165, 1.54) is 7.11 Å². The number of phosphoric acid groups is 1. The molecule has 320 valence electrons. The van der Waals surface area contributed by atoms with Gasteiger partial charge in [0, 0.05) is 29.1 Å². The maximum absolute atomic E-state index is 16.4. The number of nitrogens with zero attached hydrogens (tertiary/aromatic N) is 5. The Morgan fingerprint density at radius 1 is 0.917 bits per heavy atom. The number of nitrogens with one attached hydrogen (secondary N) is 1. The van der Waals surface area contributed by atoms with Crippen LogP contribution in [-0.2, 0) is 42.5 Å². The third kappa shape index (κ3) is 8.72. The maximum atomic E-state index is 16.4. The zero-order valence-corrected chi connectivity index (χ0v) is 34.0. The third-order valence-corrected chi connectivity index (χ3v) is 14.2. The molecular formula is C34H36F2N8O13P2S. The van der Waals surface area contributed by atoms with E-state index in [-0.39, 0.29) is 34.7 Å². The van der Waals surface area contributed by atoms with Crippen LogP contribution in [0.4, 0.5) is 14.6 Å². The molecule has 0 amide bonds. The van der Waals surface area contributed by atoms with Crippen LogP contribution in [0.15, 0.2) is 83.0 Å². The number of aromatic nitrogens is 6. The summed E-state index contributed by atoms with van der Waals surface area (Å²) in [5.41, 5.74) is 5.42. The standard InChI is InChI=1S/C34H33F2N7O13P2S.H3N/c1-50-20-8-6-19(7-9-20)27(45)18-4-2-17(3-5-18)14-59-58(49)52-13-22-24(35)28(33(54-22)43-16-40-26-30(37)38-15-39-31(26)43)55-57(47,48)51-12-21-25(36)29(56-58)32(53-21)42-11-10-23(44)41-34(42)46;/h2-11,15-16,21-22,24-25,28-29,32-33H,12-14H2,1H3,(H,47,48)(H2,37,38,39)(H,41,44,46);1H3/t21-,22-,24-,25-,28-,29-,32-,33-,58?;/m1./s1. The van der Waals surface area contributed by atoms with Gasteiger partial charge in [-0.1, -0.05) is 24.3 Å². The molecular weight excluding hydrogens is 860 g/mol. The lowest BCUT2D eigenvalue weighted by atomic mass is 10.0. The number of rotatable bonds is 8.